The third-order valence-corrected chi connectivity index (χ3v) is 3.58. The average molecular weight is 234 g/mol. The van der Waals surface area contributed by atoms with Gasteiger partial charge in [0.2, 0.25) is 0 Å². The van der Waals surface area contributed by atoms with Gasteiger partial charge in [-0.15, -0.1) is 0 Å². The monoisotopic (exact) mass is 234 g/mol. The Hall–Kier alpha value is -1.58. The van der Waals surface area contributed by atoms with E-state index in [-0.39, 0.29) is 0 Å². The van der Waals surface area contributed by atoms with E-state index in [0.717, 1.165) is 24.5 Å². The van der Waals surface area contributed by atoms with Crippen molar-refractivity contribution >= 4 is 11.7 Å². The lowest BCUT2D eigenvalue weighted by atomic mass is 10.0. The van der Waals surface area contributed by atoms with Crippen molar-refractivity contribution in [2.24, 2.45) is 11.8 Å². The summed E-state index contributed by atoms with van der Waals surface area (Å²) >= 11 is 0. The highest BCUT2D eigenvalue weighted by Crippen LogP contribution is 2.30. The van der Waals surface area contributed by atoms with Crippen LogP contribution < -0.4 is 4.90 Å². The summed E-state index contributed by atoms with van der Waals surface area (Å²) in [5, 5.41) is 9.18. The van der Waals surface area contributed by atoms with E-state index in [0.29, 0.717) is 17.4 Å². The second-order valence-electron chi connectivity index (χ2n) is 5.01. The molecule has 0 bridgehead atoms. The highest BCUT2D eigenvalue weighted by molar-refractivity contribution is 5.94. The Morgan fingerprint density at radius 1 is 1.41 bits per heavy atom. The maximum Gasteiger partial charge on any atom is 0.339 e. The van der Waals surface area contributed by atoms with Crippen LogP contribution in [-0.2, 0) is 0 Å². The third-order valence-electron chi connectivity index (χ3n) is 3.58. The number of pyridine rings is 1. The molecule has 1 saturated heterocycles. The molecular formula is C13H18N2O2. The molecular weight excluding hydrogens is 216 g/mol. The Morgan fingerprint density at radius 2 is 2.00 bits per heavy atom. The van der Waals surface area contributed by atoms with Crippen LogP contribution in [0.1, 0.15) is 29.9 Å². The summed E-state index contributed by atoms with van der Waals surface area (Å²) in [5.41, 5.74) is 1.97. The summed E-state index contributed by atoms with van der Waals surface area (Å²) in [6.07, 6.45) is 1.46. The fourth-order valence-corrected chi connectivity index (χ4v) is 2.30. The number of rotatable bonds is 2. The number of hydrogen-bond donors (Lipinski definition) is 1. The van der Waals surface area contributed by atoms with Gasteiger partial charge in [-0.1, -0.05) is 13.8 Å². The number of nitrogens with zero attached hydrogens (tertiary/aromatic N) is 2. The molecule has 2 atom stereocenters. The molecule has 1 fully saturated rings. The van der Waals surface area contributed by atoms with Crippen LogP contribution in [0.15, 0.2) is 12.3 Å². The largest absolute Gasteiger partial charge is 0.478 e. The van der Waals surface area contributed by atoms with Crippen LogP contribution in [0.4, 0.5) is 5.69 Å². The Kier molecular flexibility index (Phi) is 3.05. The van der Waals surface area contributed by atoms with Gasteiger partial charge in [0, 0.05) is 25.0 Å². The van der Waals surface area contributed by atoms with Gasteiger partial charge in [0.1, 0.15) is 5.56 Å². The second kappa shape index (κ2) is 4.35. The van der Waals surface area contributed by atoms with Crippen molar-refractivity contribution in [3.05, 3.63) is 23.5 Å². The molecule has 92 valence electrons. The lowest BCUT2D eigenvalue weighted by Gasteiger charge is -2.20. The fraction of sp³-hybridized carbons (Fsp3) is 0.538. The second-order valence-corrected chi connectivity index (χ2v) is 5.01. The first kappa shape index (κ1) is 11.9. The first-order valence-corrected chi connectivity index (χ1v) is 5.94. The van der Waals surface area contributed by atoms with E-state index in [4.69, 9.17) is 0 Å². The van der Waals surface area contributed by atoms with Crippen molar-refractivity contribution in [2.75, 3.05) is 18.0 Å². The molecule has 1 aromatic heterocycles. The molecule has 1 aromatic rings. The number of anilines is 1. The van der Waals surface area contributed by atoms with Gasteiger partial charge >= 0.3 is 5.97 Å². The molecule has 0 amide bonds. The number of carboxylic acids is 1. The van der Waals surface area contributed by atoms with Crippen LogP contribution in [0.3, 0.4) is 0 Å². The maximum atomic E-state index is 11.2. The van der Waals surface area contributed by atoms with Gasteiger partial charge in [0.15, 0.2) is 0 Å². The molecule has 2 rings (SSSR count). The molecule has 0 radical (unpaired) electrons. The minimum Gasteiger partial charge on any atom is -0.478 e. The first-order chi connectivity index (χ1) is 7.99. The molecule has 1 aliphatic heterocycles. The van der Waals surface area contributed by atoms with Gasteiger partial charge in [0.25, 0.3) is 0 Å². The van der Waals surface area contributed by atoms with Gasteiger partial charge in [0.05, 0.1) is 5.69 Å². The molecule has 4 nitrogen and oxygen atoms in total. The molecule has 1 aliphatic rings. The normalized spacial score (nSPS) is 24.1. The summed E-state index contributed by atoms with van der Waals surface area (Å²) in [7, 11) is 0. The van der Waals surface area contributed by atoms with Gasteiger partial charge in [-0.2, -0.15) is 0 Å². The smallest absolute Gasteiger partial charge is 0.339 e. The Labute approximate surface area is 101 Å². The van der Waals surface area contributed by atoms with E-state index in [2.05, 4.69) is 23.7 Å². The van der Waals surface area contributed by atoms with Crippen LogP contribution in [0, 0.1) is 18.8 Å². The molecule has 0 aromatic carbocycles. The van der Waals surface area contributed by atoms with E-state index in [1.165, 1.54) is 6.20 Å². The molecule has 2 unspecified atom stereocenters. The first-order valence-electron chi connectivity index (χ1n) is 5.94. The minimum atomic E-state index is -0.903. The van der Waals surface area contributed by atoms with Crippen LogP contribution in [0.2, 0.25) is 0 Å². The summed E-state index contributed by atoms with van der Waals surface area (Å²) < 4.78 is 0. The van der Waals surface area contributed by atoms with Crippen LogP contribution in [-0.4, -0.2) is 29.1 Å². The summed E-state index contributed by atoms with van der Waals surface area (Å²) in [5.74, 6) is 0.301. The summed E-state index contributed by atoms with van der Waals surface area (Å²) in [6.45, 7) is 8.15. The predicted octanol–water partition coefficient (Wildman–Crippen LogP) is 2.18. The number of carboxylic acid groups (broad SMARTS) is 1. The average Bonchev–Trinajstić information content (AvgIpc) is 2.58. The predicted molar refractivity (Wildman–Crippen MR) is 66.5 cm³/mol. The molecule has 1 N–H and O–H groups in total. The highest BCUT2D eigenvalue weighted by Gasteiger charge is 2.28. The van der Waals surface area contributed by atoms with Crippen LogP contribution in [0.25, 0.3) is 0 Å². The fourth-order valence-electron chi connectivity index (χ4n) is 2.30. The van der Waals surface area contributed by atoms with Gasteiger partial charge in [-0.25, -0.2) is 4.79 Å². The zero-order valence-electron chi connectivity index (χ0n) is 10.5. The Balaban J connectivity index is 2.37. The molecule has 0 spiro atoms. The van der Waals surface area contributed by atoms with Crippen molar-refractivity contribution in [1.82, 2.24) is 4.98 Å². The van der Waals surface area contributed by atoms with Crippen molar-refractivity contribution in [2.45, 2.75) is 20.8 Å². The molecule has 17 heavy (non-hydrogen) atoms. The molecule has 0 aliphatic carbocycles. The molecule has 2 heterocycles. The zero-order chi connectivity index (χ0) is 12.6. The van der Waals surface area contributed by atoms with E-state index in [1.807, 2.05) is 13.0 Å². The van der Waals surface area contributed by atoms with Gasteiger partial charge < -0.3 is 10.0 Å². The maximum absolute atomic E-state index is 11.2. The van der Waals surface area contributed by atoms with Gasteiger partial charge in [-0.3, -0.25) is 4.98 Å². The zero-order valence-corrected chi connectivity index (χ0v) is 10.5. The Morgan fingerprint density at radius 3 is 2.53 bits per heavy atom. The van der Waals surface area contributed by atoms with Crippen LogP contribution in [0.5, 0.6) is 0 Å². The quantitative estimate of drug-likeness (QED) is 0.852. The highest BCUT2D eigenvalue weighted by atomic mass is 16.4. The number of aromatic carboxylic acids is 1. The lowest BCUT2D eigenvalue weighted by Crippen LogP contribution is -2.22. The molecule has 4 heteroatoms. The topological polar surface area (TPSA) is 53.4 Å². The number of aryl methyl sites for hydroxylation is 1. The Bertz CT molecular complexity index is 435. The lowest BCUT2D eigenvalue weighted by molar-refractivity contribution is 0.0697. The number of hydrogen-bond acceptors (Lipinski definition) is 3. The molecule has 0 saturated carbocycles. The SMILES string of the molecule is Cc1cc(N2CC(C)C(C)C2)c(C(=O)O)cn1. The number of carbonyl (C=O) groups is 1. The van der Waals surface area contributed by atoms with E-state index in [1.54, 1.807) is 0 Å². The van der Waals surface area contributed by atoms with Crippen molar-refractivity contribution in [3.63, 3.8) is 0 Å². The summed E-state index contributed by atoms with van der Waals surface area (Å²) in [6, 6.07) is 1.87. The van der Waals surface area contributed by atoms with E-state index < -0.39 is 5.97 Å². The standard InChI is InChI=1S/C13H18N2O2/c1-8-6-15(7-9(8)2)12-4-10(3)14-5-11(12)13(16)17/h4-5,8-9H,6-7H2,1-3H3,(H,16,17). The van der Waals surface area contributed by atoms with Crippen molar-refractivity contribution < 1.29 is 9.90 Å². The van der Waals surface area contributed by atoms with E-state index >= 15 is 0 Å². The van der Waals surface area contributed by atoms with Crippen molar-refractivity contribution in [1.29, 1.82) is 0 Å². The van der Waals surface area contributed by atoms with E-state index in [9.17, 15) is 9.90 Å². The van der Waals surface area contributed by atoms with Crippen molar-refractivity contribution in [3.8, 4) is 0 Å². The summed E-state index contributed by atoms with van der Waals surface area (Å²) in [4.78, 5) is 17.4. The minimum absolute atomic E-state index is 0.303. The third kappa shape index (κ3) is 2.25. The van der Waals surface area contributed by atoms with Gasteiger partial charge in [-0.05, 0) is 24.8 Å². The number of aromatic nitrogens is 1. The van der Waals surface area contributed by atoms with Crippen LogP contribution >= 0.6 is 0 Å².